The Hall–Kier alpha value is -3.48. The molecule has 1 atom stereocenters. The van der Waals surface area contributed by atoms with Gasteiger partial charge in [0.1, 0.15) is 29.5 Å². The summed E-state index contributed by atoms with van der Waals surface area (Å²) in [6.07, 6.45) is 2.52. The molecule has 7 heteroatoms. The van der Waals surface area contributed by atoms with Gasteiger partial charge in [-0.1, -0.05) is 6.07 Å². The Labute approximate surface area is 187 Å². The highest BCUT2D eigenvalue weighted by molar-refractivity contribution is 5.73. The Morgan fingerprint density at radius 2 is 1.88 bits per heavy atom. The molecule has 7 nitrogen and oxygen atoms in total. The molecule has 1 fully saturated rings. The van der Waals surface area contributed by atoms with E-state index in [1.807, 2.05) is 62.4 Å². The first-order chi connectivity index (χ1) is 15.5. The van der Waals surface area contributed by atoms with Crippen molar-refractivity contribution in [2.45, 2.75) is 39.7 Å². The maximum Gasteiger partial charge on any atom is 0.308 e. The molecule has 32 heavy (non-hydrogen) atoms. The van der Waals surface area contributed by atoms with Crippen molar-refractivity contribution in [2.75, 3.05) is 13.2 Å². The van der Waals surface area contributed by atoms with Crippen molar-refractivity contribution in [1.82, 2.24) is 10.3 Å². The number of oxazole rings is 1. The van der Waals surface area contributed by atoms with Crippen LogP contribution in [0.5, 0.6) is 23.2 Å². The number of rotatable bonds is 10. The van der Waals surface area contributed by atoms with E-state index in [1.54, 1.807) is 0 Å². The summed E-state index contributed by atoms with van der Waals surface area (Å²) in [4.78, 5) is 15.6. The third-order valence-electron chi connectivity index (χ3n) is 4.99. The lowest BCUT2D eigenvalue weighted by molar-refractivity contribution is -0.119. The van der Waals surface area contributed by atoms with Crippen LogP contribution >= 0.6 is 0 Å². The molecule has 1 N–H and O–H groups in total. The maximum absolute atomic E-state index is 11.1. The van der Waals surface area contributed by atoms with E-state index in [-0.39, 0.29) is 11.9 Å². The van der Waals surface area contributed by atoms with Crippen molar-refractivity contribution >= 4 is 5.91 Å². The van der Waals surface area contributed by atoms with Crippen molar-refractivity contribution in [3.8, 4) is 34.6 Å². The molecule has 0 unspecified atom stereocenters. The highest BCUT2D eigenvalue weighted by atomic mass is 16.6. The van der Waals surface area contributed by atoms with Crippen LogP contribution in [0.15, 0.2) is 52.9 Å². The van der Waals surface area contributed by atoms with E-state index >= 15 is 0 Å². The van der Waals surface area contributed by atoms with E-state index in [1.165, 1.54) is 19.8 Å². The minimum absolute atomic E-state index is 0.101. The van der Waals surface area contributed by atoms with E-state index in [0.717, 1.165) is 23.7 Å². The molecule has 1 aliphatic carbocycles. The summed E-state index contributed by atoms with van der Waals surface area (Å²) in [5, 5.41) is 2.77. The first-order valence-corrected chi connectivity index (χ1v) is 10.8. The van der Waals surface area contributed by atoms with Crippen LogP contribution in [0.2, 0.25) is 0 Å². The van der Waals surface area contributed by atoms with E-state index in [4.69, 9.17) is 18.6 Å². The van der Waals surface area contributed by atoms with E-state index in [0.29, 0.717) is 35.8 Å². The predicted molar refractivity (Wildman–Crippen MR) is 120 cm³/mol. The normalized spacial score (nSPS) is 14.0. The van der Waals surface area contributed by atoms with Crippen LogP contribution < -0.4 is 19.5 Å². The maximum atomic E-state index is 11.1. The molecular weight excluding hydrogens is 408 g/mol. The molecule has 0 radical (unpaired) electrons. The van der Waals surface area contributed by atoms with Gasteiger partial charge in [-0.15, -0.1) is 0 Å². The molecule has 0 saturated heterocycles. The molecule has 0 bridgehead atoms. The number of carbonyl (C=O) groups excluding carboxylic acids is 1. The molecule has 0 aliphatic heterocycles. The number of ether oxygens (including phenoxy) is 3. The van der Waals surface area contributed by atoms with Crippen LogP contribution in [-0.4, -0.2) is 30.1 Å². The minimum Gasteiger partial charge on any atom is -0.493 e. The van der Waals surface area contributed by atoms with Gasteiger partial charge in [0.05, 0.1) is 12.6 Å². The number of hydrogen-bond donors (Lipinski definition) is 1. The molecule has 168 valence electrons. The molecule has 1 aliphatic rings. The standard InChI is InChI=1S/C25H28N2O5/c1-16(26-18(3)28)14-30-25-17(2)27-24(32-25)20-9-11-21(12-10-20)31-23-6-4-5-22(13-23)29-15-19-7-8-19/h4-6,9-13,16,19H,7-8,14-15H2,1-3H3,(H,26,28)/t16-/m0/s1. The number of carbonyl (C=O) groups is 1. The fourth-order valence-corrected chi connectivity index (χ4v) is 3.16. The van der Waals surface area contributed by atoms with Gasteiger partial charge in [-0.25, -0.2) is 4.98 Å². The van der Waals surface area contributed by atoms with Crippen molar-refractivity contribution < 1.29 is 23.4 Å². The summed E-state index contributed by atoms with van der Waals surface area (Å²) in [7, 11) is 0. The quantitative estimate of drug-likeness (QED) is 0.474. The largest absolute Gasteiger partial charge is 0.493 e. The fraction of sp³-hybridized carbons (Fsp3) is 0.360. The number of hydrogen-bond acceptors (Lipinski definition) is 6. The molecule has 3 aromatic rings. The summed E-state index contributed by atoms with van der Waals surface area (Å²) < 4.78 is 23.2. The van der Waals surface area contributed by atoms with Gasteiger partial charge in [-0.05, 0) is 69.0 Å². The summed E-state index contributed by atoms with van der Waals surface area (Å²) in [5.74, 6) is 3.67. The summed E-state index contributed by atoms with van der Waals surface area (Å²) in [5.41, 5.74) is 1.46. The Morgan fingerprint density at radius 1 is 1.12 bits per heavy atom. The van der Waals surface area contributed by atoms with Gasteiger partial charge < -0.3 is 23.9 Å². The van der Waals surface area contributed by atoms with Gasteiger partial charge >= 0.3 is 5.95 Å². The number of benzene rings is 2. The smallest absolute Gasteiger partial charge is 0.308 e. The Morgan fingerprint density at radius 3 is 2.59 bits per heavy atom. The average Bonchev–Trinajstić information content (AvgIpc) is 3.52. The third-order valence-corrected chi connectivity index (χ3v) is 4.99. The molecular formula is C25H28N2O5. The minimum atomic E-state index is -0.130. The zero-order valence-corrected chi connectivity index (χ0v) is 18.6. The van der Waals surface area contributed by atoms with Crippen LogP contribution in [-0.2, 0) is 4.79 Å². The van der Waals surface area contributed by atoms with Gasteiger partial charge in [-0.3, -0.25) is 4.79 Å². The lowest BCUT2D eigenvalue weighted by atomic mass is 10.2. The molecule has 2 aromatic carbocycles. The van der Waals surface area contributed by atoms with E-state index in [2.05, 4.69) is 10.3 Å². The van der Waals surface area contributed by atoms with Gasteiger partial charge in [0.25, 0.3) is 0 Å². The zero-order valence-electron chi connectivity index (χ0n) is 18.6. The Bertz CT molecular complexity index is 1060. The average molecular weight is 437 g/mol. The van der Waals surface area contributed by atoms with Gasteiger partial charge in [-0.2, -0.15) is 0 Å². The van der Waals surface area contributed by atoms with Crippen LogP contribution in [0, 0.1) is 12.8 Å². The van der Waals surface area contributed by atoms with Crippen molar-refractivity contribution in [3.63, 3.8) is 0 Å². The molecule has 1 aromatic heterocycles. The van der Waals surface area contributed by atoms with Crippen LogP contribution in [0.4, 0.5) is 0 Å². The fourth-order valence-electron chi connectivity index (χ4n) is 3.16. The molecule has 4 rings (SSSR count). The first kappa shape index (κ1) is 21.7. The number of aromatic nitrogens is 1. The van der Waals surface area contributed by atoms with E-state index in [9.17, 15) is 4.79 Å². The van der Waals surface area contributed by atoms with Gasteiger partial charge in [0.2, 0.25) is 11.8 Å². The summed E-state index contributed by atoms with van der Waals surface area (Å²) in [6.45, 7) is 6.22. The molecule has 1 saturated carbocycles. The lowest BCUT2D eigenvalue weighted by Gasteiger charge is -2.12. The highest BCUT2D eigenvalue weighted by Crippen LogP contribution is 2.32. The number of aryl methyl sites for hydroxylation is 1. The molecule has 0 spiro atoms. The van der Waals surface area contributed by atoms with Gasteiger partial charge in [0.15, 0.2) is 0 Å². The second kappa shape index (κ2) is 9.77. The third kappa shape index (κ3) is 6.03. The second-order valence-corrected chi connectivity index (χ2v) is 8.16. The van der Waals surface area contributed by atoms with Crippen LogP contribution in [0.1, 0.15) is 32.4 Å². The predicted octanol–water partition coefficient (Wildman–Crippen LogP) is 5.13. The number of nitrogens with one attached hydrogen (secondary N) is 1. The highest BCUT2D eigenvalue weighted by Gasteiger charge is 2.22. The van der Waals surface area contributed by atoms with Crippen LogP contribution in [0.25, 0.3) is 11.5 Å². The van der Waals surface area contributed by atoms with E-state index < -0.39 is 0 Å². The summed E-state index contributed by atoms with van der Waals surface area (Å²) in [6, 6.07) is 15.1. The monoisotopic (exact) mass is 436 g/mol. The zero-order chi connectivity index (χ0) is 22.5. The van der Waals surface area contributed by atoms with Crippen LogP contribution in [0.3, 0.4) is 0 Å². The molecule has 1 heterocycles. The number of nitrogens with zero attached hydrogens (tertiary/aromatic N) is 1. The van der Waals surface area contributed by atoms with Crippen molar-refractivity contribution in [3.05, 3.63) is 54.2 Å². The first-order valence-electron chi connectivity index (χ1n) is 10.8. The topological polar surface area (TPSA) is 82.8 Å². The van der Waals surface area contributed by atoms with Gasteiger partial charge in [0, 0.05) is 18.6 Å². The SMILES string of the molecule is CC(=O)N[C@@H](C)COc1oc(-c2ccc(Oc3cccc(OCC4CC4)c3)cc2)nc1C. The van der Waals surface area contributed by atoms with Crippen molar-refractivity contribution in [2.24, 2.45) is 5.92 Å². The Balaban J connectivity index is 1.36. The Kier molecular flexibility index (Phi) is 6.63. The molecule has 1 amide bonds. The lowest BCUT2D eigenvalue weighted by Crippen LogP contribution is -2.35. The summed E-state index contributed by atoms with van der Waals surface area (Å²) >= 11 is 0. The van der Waals surface area contributed by atoms with Crippen molar-refractivity contribution in [1.29, 1.82) is 0 Å². The second-order valence-electron chi connectivity index (χ2n) is 8.16. The number of amides is 1.